The molecule has 0 unspecified atom stereocenters. The number of quaternary nitrogens is 1. The van der Waals surface area contributed by atoms with Crippen molar-refractivity contribution in [1.29, 1.82) is 0 Å². The van der Waals surface area contributed by atoms with Gasteiger partial charge in [-0.05, 0) is 74.6 Å². The molecule has 0 spiro atoms. The van der Waals surface area contributed by atoms with E-state index in [1.165, 1.54) is 27.7 Å². The Morgan fingerprint density at radius 1 is 1.10 bits per heavy atom. The highest BCUT2D eigenvalue weighted by atomic mass is 32.2. The molecule has 0 bridgehead atoms. The number of hydrogen-bond acceptors (Lipinski definition) is 3. The van der Waals surface area contributed by atoms with E-state index in [0.29, 0.717) is 5.92 Å². The Hall–Kier alpha value is -1.66. The van der Waals surface area contributed by atoms with Crippen LogP contribution in [-0.4, -0.2) is 50.7 Å². The standard InChI is InChI=1S/C25H36N2O3S/c1-3-27(4-2)14-11-19(18-27)12-15-31(29,30)16-13-24(28)26-25-22-9-5-7-20(22)17-21-8-6-10-23(21)25/h12,15,17,19H,3-11,13-14,16,18H2,1-2H3/p+1/b15-12+/t19-/m1/s1. The van der Waals surface area contributed by atoms with Gasteiger partial charge in [-0.2, -0.15) is 0 Å². The Bertz CT molecular complexity index is 945. The molecule has 31 heavy (non-hydrogen) atoms. The first-order chi connectivity index (χ1) is 14.8. The maximum absolute atomic E-state index is 12.7. The van der Waals surface area contributed by atoms with Crippen molar-refractivity contribution in [1.82, 2.24) is 0 Å². The molecule has 1 N–H and O–H groups in total. The first kappa shape index (κ1) is 22.5. The smallest absolute Gasteiger partial charge is 0.225 e. The molecule has 4 rings (SSSR count). The molecule has 1 aromatic rings. The summed E-state index contributed by atoms with van der Waals surface area (Å²) in [5, 5.41) is 4.48. The third-order valence-corrected chi connectivity index (χ3v) is 9.19. The van der Waals surface area contributed by atoms with Crippen LogP contribution >= 0.6 is 0 Å². The van der Waals surface area contributed by atoms with E-state index in [4.69, 9.17) is 0 Å². The van der Waals surface area contributed by atoms with Crippen molar-refractivity contribution in [3.8, 4) is 0 Å². The van der Waals surface area contributed by atoms with Crippen LogP contribution < -0.4 is 5.32 Å². The highest BCUT2D eigenvalue weighted by Gasteiger charge is 2.34. The molecule has 5 nitrogen and oxygen atoms in total. The first-order valence-electron chi connectivity index (χ1n) is 12.1. The number of fused-ring (bicyclic) bond motifs is 2. The van der Waals surface area contributed by atoms with Crippen molar-refractivity contribution < 1.29 is 17.7 Å². The number of nitrogens with one attached hydrogen (secondary N) is 1. The highest BCUT2D eigenvalue weighted by Crippen LogP contribution is 2.38. The van der Waals surface area contributed by atoms with Gasteiger partial charge in [-0.25, -0.2) is 8.42 Å². The lowest BCUT2D eigenvalue weighted by atomic mass is 9.98. The van der Waals surface area contributed by atoms with Crippen molar-refractivity contribution in [2.24, 2.45) is 5.92 Å². The van der Waals surface area contributed by atoms with Crippen LogP contribution in [0.1, 0.15) is 61.8 Å². The number of hydrogen-bond donors (Lipinski definition) is 1. The van der Waals surface area contributed by atoms with Gasteiger partial charge in [0.25, 0.3) is 0 Å². The van der Waals surface area contributed by atoms with E-state index < -0.39 is 9.84 Å². The minimum Gasteiger partial charge on any atom is -0.326 e. The van der Waals surface area contributed by atoms with Crippen LogP contribution in [0.15, 0.2) is 17.6 Å². The van der Waals surface area contributed by atoms with Gasteiger partial charge in [-0.1, -0.05) is 12.1 Å². The molecule has 1 atom stereocenters. The monoisotopic (exact) mass is 445 g/mol. The van der Waals surface area contributed by atoms with Gasteiger partial charge in [-0.15, -0.1) is 0 Å². The van der Waals surface area contributed by atoms with E-state index in [1.54, 1.807) is 0 Å². The third-order valence-electron chi connectivity index (χ3n) is 7.85. The largest absolute Gasteiger partial charge is 0.326 e. The van der Waals surface area contributed by atoms with Crippen molar-refractivity contribution in [3.05, 3.63) is 39.8 Å². The molecular weight excluding hydrogens is 408 g/mol. The number of carbonyl (C=O) groups is 1. The fourth-order valence-corrected chi connectivity index (χ4v) is 6.85. The molecule has 1 aliphatic heterocycles. The molecule has 170 valence electrons. The normalized spacial score (nSPS) is 22.1. The molecule has 3 aliphatic rings. The van der Waals surface area contributed by atoms with Crippen LogP contribution in [0, 0.1) is 5.92 Å². The predicted octanol–water partition coefficient (Wildman–Crippen LogP) is 3.80. The summed E-state index contributed by atoms with van der Waals surface area (Å²) >= 11 is 0. The van der Waals surface area contributed by atoms with Crippen LogP contribution in [0.5, 0.6) is 0 Å². The van der Waals surface area contributed by atoms with Crippen LogP contribution in [0.4, 0.5) is 5.69 Å². The number of likely N-dealkylation sites (tertiary alicyclic amines) is 1. The van der Waals surface area contributed by atoms with Gasteiger partial charge in [0.1, 0.15) is 0 Å². The minimum atomic E-state index is -3.38. The van der Waals surface area contributed by atoms with E-state index in [1.807, 2.05) is 6.08 Å². The topological polar surface area (TPSA) is 63.2 Å². The van der Waals surface area contributed by atoms with E-state index >= 15 is 0 Å². The molecule has 1 heterocycles. The molecule has 1 aromatic carbocycles. The Kier molecular flexibility index (Phi) is 6.59. The molecular formula is C25H37N2O3S+. The number of aryl methyl sites for hydroxylation is 2. The second-order valence-corrected chi connectivity index (χ2v) is 11.7. The summed E-state index contributed by atoms with van der Waals surface area (Å²) in [5.41, 5.74) is 6.31. The zero-order valence-electron chi connectivity index (χ0n) is 19.1. The van der Waals surface area contributed by atoms with Gasteiger partial charge in [0.2, 0.25) is 5.91 Å². The summed E-state index contributed by atoms with van der Waals surface area (Å²) in [6, 6.07) is 2.34. The van der Waals surface area contributed by atoms with Gasteiger partial charge >= 0.3 is 0 Å². The van der Waals surface area contributed by atoms with Gasteiger partial charge < -0.3 is 9.80 Å². The zero-order chi connectivity index (χ0) is 22.1. The van der Waals surface area contributed by atoms with Crippen LogP contribution in [0.2, 0.25) is 0 Å². The summed E-state index contributed by atoms with van der Waals surface area (Å²) in [7, 11) is -3.38. The minimum absolute atomic E-state index is 0.0136. The van der Waals surface area contributed by atoms with E-state index in [0.717, 1.165) is 81.3 Å². The fraction of sp³-hybridized carbons (Fsp3) is 0.640. The first-order valence-corrected chi connectivity index (χ1v) is 13.8. The summed E-state index contributed by atoms with van der Waals surface area (Å²) in [4.78, 5) is 12.7. The molecule has 0 radical (unpaired) electrons. The summed E-state index contributed by atoms with van der Waals surface area (Å²) in [5.74, 6) is 0.0127. The Morgan fingerprint density at radius 2 is 1.74 bits per heavy atom. The van der Waals surface area contributed by atoms with Gasteiger partial charge in [0, 0.05) is 29.9 Å². The second kappa shape index (κ2) is 9.07. The molecule has 1 saturated heterocycles. The maximum atomic E-state index is 12.7. The second-order valence-electron chi connectivity index (χ2n) is 9.66. The Morgan fingerprint density at radius 3 is 2.32 bits per heavy atom. The maximum Gasteiger partial charge on any atom is 0.225 e. The van der Waals surface area contributed by atoms with Crippen molar-refractivity contribution in [3.63, 3.8) is 0 Å². The fourth-order valence-electron chi connectivity index (χ4n) is 5.78. The van der Waals surface area contributed by atoms with Crippen LogP contribution in [-0.2, 0) is 40.3 Å². The van der Waals surface area contributed by atoms with E-state index in [-0.39, 0.29) is 18.1 Å². The number of rotatable bonds is 8. The lowest BCUT2D eigenvalue weighted by Gasteiger charge is -2.31. The summed E-state index contributed by atoms with van der Waals surface area (Å²) < 4.78 is 26.2. The molecule has 1 fully saturated rings. The van der Waals surface area contributed by atoms with E-state index in [2.05, 4.69) is 25.2 Å². The molecule has 6 heteroatoms. The van der Waals surface area contributed by atoms with Crippen molar-refractivity contribution in [2.75, 3.05) is 37.2 Å². The SMILES string of the molecule is CC[N+]1(CC)CC[C@H](/C=C/S(=O)(=O)CCC(=O)Nc2c3c(cc4c2CCC4)CCC3)C1. The average molecular weight is 446 g/mol. The van der Waals surface area contributed by atoms with E-state index in [9.17, 15) is 13.2 Å². The molecule has 2 aliphatic carbocycles. The molecule has 1 amide bonds. The number of benzene rings is 1. The molecule has 0 aromatic heterocycles. The van der Waals surface area contributed by atoms with Crippen LogP contribution in [0.25, 0.3) is 0 Å². The number of anilines is 1. The Balaban J connectivity index is 1.35. The van der Waals surface area contributed by atoms with Crippen LogP contribution in [0.3, 0.4) is 0 Å². The predicted molar refractivity (Wildman–Crippen MR) is 126 cm³/mol. The number of carbonyl (C=O) groups excluding carboxylic acids is 1. The van der Waals surface area contributed by atoms with Crippen molar-refractivity contribution in [2.45, 2.75) is 65.2 Å². The zero-order valence-corrected chi connectivity index (χ0v) is 19.9. The van der Waals surface area contributed by atoms with Gasteiger partial charge in [-0.3, -0.25) is 4.79 Å². The average Bonchev–Trinajstić information content (AvgIpc) is 3.50. The van der Waals surface area contributed by atoms with Gasteiger partial charge in [0.15, 0.2) is 9.84 Å². The lowest BCUT2D eigenvalue weighted by Crippen LogP contribution is -2.45. The summed E-state index contributed by atoms with van der Waals surface area (Å²) in [6.07, 6.45) is 9.39. The highest BCUT2D eigenvalue weighted by molar-refractivity contribution is 7.94. The molecule has 0 saturated carbocycles. The van der Waals surface area contributed by atoms with Crippen molar-refractivity contribution >= 4 is 21.4 Å². The van der Waals surface area contributed by atoms with Gasteiger partial charge in [0.05, 0.1) is 31.9 Å². The number of nitrogens with zero attached hydrogens (tertiary/aromatic N) is 1. The third kappa shape index (κ3) is 4.90. The number of amides is 1. The summed E-state index contributed by atoms with van der Waals surface area (Å²) in [6.45, 7) is 8.76. The number of sulfone groups is 1. The quantitative estimate of drug-likeness (QED) is 0.619. The lowest BCUT2D eigenvalue weighted by molar-refractivity contribution is -0.914. The Labute approximate surface area is 187 Å².